The molecule has 0 unspecified atom stereocenters. The van der Waals surface area contributed by atoms with Crippen molar-refractivity contribution in [1.82, 2.24) is 15.2 Å². The maximum atomic E-state index is 11.8. The SMILES string of the molecule is CNCCCN(C)C(=O)CCc1cccnc1. The summed E-state index contributed by atoms with van der Waals surface area (Å²) in [7, 11) is 3.78. The summed E-state index contributed by atoms with van der Waals surface area (Å²) in [6.45, 7) is 1.76. The molecule has 4 heteroatoms. The lowest BCUT2D eigenvalue weighted by Gasteiger charge is -2.16. The van der Waals surface area contributed by atoms with E-state index >= 15 is 0 Å². The van der Waals surface area contributed by atoms with Gasteiger partial charge in [-0.25, -0.2) is 0 Å². The molecule has 0 aromatic carbocycles. The number of carbonyl (C=O) groups is 1. The maximum Gasteiger partial charge on any atom is 0.222 e. The van der Waals surface area contributed by atoms with Crippen molar-refractivity contribution in [1.29, 1.82) is 0 Å². The minimum atomic E-state index is 0.199. The fraction of sp³-hybridized carbons (Fsp3) is 0.538. The Balaban J connectivity index is 2.24. The third-order valence-electron chi connectivity index (χ3n) is 2.70. The summed E-state index contributed by atoms with van der Waals surface area (Å²) in [4.78, 5) is 17.6. The van der Waals surface area contributed by atoms with E-state index < -0.39 is 0 Å². The predicted octanol–water partition coefficient (Wildman–Crippen LogP) is 1.08. The molecule has 1 aromatic rings. The number of hydrogen-bond acceptors (Lipinski definition) is 3. The van der Waals surface area contributed by atoms with Crippen LogP contribution in [0.25, 0.3) is 0 Å². The lowest BCUT2D eigenvalue weighted by molar-refractivity contribution is -0.129. The monoisotopic (exact) mass is 235 g/mol. The van der Waals surface area contributed by atoms with E-state index in [1.165, 1.54) is 0 Å². The van der Waals surface area contributed by atoms with Gasteiger partial charge in [0.05, 0.1) is 0 Å². The van der Waals surface area contributed by atoms with Crippen molar-refractivity contribution in [3.63, 3.8) is 0 Å². The fourth-order valence-electron chi connectivity index (χ4n) is 1.61. The first-order chi connectivity index (χ1) is 8.24. The second-order valence-corrected chi connectivity index (χ2v) is 4.13. The summed E-state index contributed by atoms with van der Waals surface area (Å²) in [5.41, 5.74) is 1.12. The van der Waals surface area contributed by atoms with Crippen LogP contribution in [0, 0.1) is 0 Å². The van der Waals surface area contributed by atoms with Gasteiger partial charge >= 0.3 is 0 Å². The Kier molecular flexibility index (Phi) is 6.25. The van der Waals surface area contributed by atoms with E-state index in [2.05, 4.69) is 10.3 Å². The van der Waals surface area contributed by atoms with E-state index in [9.17, 15) is 4.79 Å². The van der Waals surface area contributed by atoms with Crippen molar-refractivity contribution >= 4 is 5.91 Å². The van der Waals surface area contributed by atoms with E-state index in [1.807, 2.05) is 32.4 Å². The first-order valence-corrected chi connectivity index (χ1v) is 6.01. The molecule has 1 amide bonds. The van der Waals surface area contributed by atoms with Crippen LogP contribution in [0.5, 0.6) is 0 Å². The number of carbonyl (C=O) groups excluding carboxylic acids is 1. The predicted molar refractivity (Wildman–Crippen MR) is 68.7 cm³/mol. The van der Waals surface area contributed by atoms with Gasteiger partial charge in [-0.05, 0) is 38.1 Å². The van der Waals surface area contributed by atoms with Crippen molar-refractivity contribution in [2.75, 3.05) is 27.2 Å². The third kappa shape index (κ3) is 5.45. The van der Waals surface area contributed by atoms with E-state index in [-0.39, 0.29) is 5.91 Å². The number of amides is 1. The zero-order valence-corrected chi connectivity index (χ0v) is 10.6. The Morgan fingerprint density at radius 2 is 2.35 bits per heavy atom. The molecule has 0 aliphatic heterocycles. The molecule has 0 spiro atoms. The first-order valence-electron chi connectivity index (χ1n) is 6.01. The highest BCUT2D eigenvalue weighted by molar-refractivity contribution is 5.76. The molecular formula is C13H21N3O. The molecule has 1 aromatic heterocycles. The van der Waals surface area contributed by atoms with Gasteiger partial charge in [-0.15, -0.1) is 0 Å². The van der Waals surface area contributed by atoms with Crippen LogP contribution in [-0.2, 0) is 11.2 Å². The van der Waals surface area contributed by atoms with Gasteiger partial charge in [0.2, 0.25) is 5.91 Å². The Bertz CT molecular complexity index is 327. The normalized spacial score (nSPS) is 10.2. The van der Waals surface area contributed by atoms with Gasteiger partial charge in [-0.2, -0.15) is 0 Å². The smallest absolute Gasteiger partial charge is 0.222 e. The molecular weight excluding hydrogens is 214 g/mol. The van der Waals surface area contributed by atoms with Crippen LogP contribution in [0.3, 0.4) is 0 Å². The van der Waals surface area contributed by atoms with Gasteiger partial charge in [-0.1, -0.05) is 6.07 Å². The van der Waals surface area contributed by atoms with Gasteiger partial charge in [-0.3, -0.25) is 9.78 Å². The molecule has 17 heavy (non-hydrogen) atoms. The lowest BCUT2D eigenvalue weighted by atomic mass is 10.1. The second-order valence-electron chi connectivity index (χ2n) is 4.13. The molecule has 0 atom stereocenters. The molecule has 0 saturated heterocycles. The molecule has 1 heterocycles. The summed E-state index contributed by atoms with van der Waals surface area (Å²) in [5, 5.41) is 3.07. The molecule has 0 bridgehead atoms. The average Bonchev–Trinajstić information content (AvgIpc) is 2.37. The van der Waals surface area contributed by atoms with Crippen LogP contribution in [0.1, 0.15) is 18.4 Å². The van der Waals surface area contributed by atoms with Crippen molar-refractivity contribution in [3.8, 4) is 0 Å². The largest absolute Gasteiger partial charge is 0.346 e. The van der Waals surface area contributed by atoms with Gasteiger partial charge < -0.3 is 10.2 Å². The van der Waals surface area contributed by atoms with Crippen molar-refractivity contribution < 1.29 is 4.79 Å². The average molecular weight is 235 g/mol. The van der Waals surface area contributed by atoms with Crippen molar-refractivity contribution in [2.24, 2.45) is 0 Å². The summed E-state index contributed by atoms with van der Waals surface area (Å²) in [5.74, 6) is 0.199. The standard InChI is InChI=1S/C13H21N3O/c1-14-8-4-10-16(2)13(17)7-6-12-5-3-9-15-11-12/h3,5,9,11,14H,4,6-8,10H2,1-2H3. The van der Waals surface area contributed by atoms with E-state index in [0.29, 0.717) is 6.42 Å². The first kappa shape index (κ1) is 13.6. The summed E-state index contributed by atoms with van der Waals surface area (Å²) in [6.07, 6.45) is 5.87. The number of hydrogen-bond donors (Lipinski definition) is 1. The Hall–Kier alpha value is -1.42. The Labute approximate surface area is 103 Å². The van der Waals surface area contributed by atoms with Gasteiger partial charge in [0.1, 0.15) is 0 Å². The van der Waals surface area contributed by atoms with Gasteiger partial charge in [0.25, 0.3) is 0 Å². The lowest BCUT2D eigenvalue weighted by Crippen LogP contribution is -2.29. The summed E-state index contributed by atoms with van der Waals surface area (Å²) in [6, 6.07) is 3.90. The van der Waals surface area contributed by atoms with Gasteiger partial charge in [0, 0.05) is 32.4 Å². The Morgan fingerprint density at radius 3 is 3.00 bits per heavy atom. The minimum Gasteiger partial charge on any atom is -0.346 e. The number of nitrogens with one attached hydrogen (secondary N) is 1. The van der Waals surface area contributed by atoms with Crippen LogP contribution in [0.4, 0.5) is 0 Å². The van der Waals surface area contributed by atoms with Crippen LogP contribution in [0.15, 0.2) is 24.5 Å². The van der Waals surface area contributed by atoms with E-state index in [1.54, 1.807) is 11.1 Å². The number of rotatable bonds is 7. The molecule has 0 saturated carbocycles. The number of nitrogens with zero attached hydrogens (tertiary/aromatic N) is 2. The number of pyridine rings is 1. The molecule has 0 fully saturated rings. The number of aromatic nitrogens is 1. The molecule has 1 N–H and O–H groups in total. The third-order valence-corrected chi connectivity index (χ3v) is 2.70. The summed E-state index contributed by atoms with van der Waals surface area (Å²) >= 11 is 0. The van der Waals surface area contributed by atoms with Crippen LogP contribution in [-0.4, -0.2) is 43.0 Å². The second kappa shape index (κ2) is 7.79. The molecule has 1 rings (SSSR count). The van der Waals surface area contributed by atoms with Crippen LogP contribution >= 0.6 is 0 Å². The minimum absolute atomic E-state index is 0.199. The highest BCUT2D eigenvalue weighted by Crippen LogP contribution is 2.02. The van der Waals surface area contributed by atoms with Crippen molar-refractivity contribution in [2.45, 2.75) is 19.3 Å². The Morgan fingerprint density at radius 1 is 1.53 bits per heavy atom. The zero-order valence-electron chi connectivity index (χ0n) is 10.6. The highest BCUT2D eigenvalue weighted by Gasteiger charge is 2.07. The van der Waals surface area contributed by atoms with E-state index in [4.69, 9.17) is 0 Å². The molecule has 4 nitrogen and oxygen atoms in total. The zero-order chi connectivity index (χ0) is 12.5. The van der Waals surface area contributed by atoms with E-state index in [0.717, 1.165) is 31.5 Å². The number of aryl methyl sites for hydroxylation is 1. The summed E-state index contributed by atoms with van der Waals surface area (Å²) < 4.78 is 0. The molecule has 0 aliphatic carbocycles. The molecule has 0 radical (unpaired) electrons. The molecule has 0 aliphatic rings. The van der Waals surface area contributed by atoms with Gasteiger partial charge in [0.15, 0.2) is 0 Å². The van der Waals surface area contributed by atoms with Crippen LogP contribution in [0.2, 0.25) is 0 Å². The van der Waals surface area contributed by atoms with Crippen LogP contribution < -0.4 is 5.32 Å². The highest BCUT2D eigenvalue weighted by atomic mass is 16.2. The maximum absolute atomic E-state index is 11.8. The fourth-order valence-corrected chi connectivity index (χ4v) is 1.61. The topological polar surface area (TPSA) is 45.2 Å². The molecule has 94 valence electrons. The quantitative estimate of drug-likeness (QED) is 0.719. The van der Waals surface area contributed by atoms with Crippen molar-refractivity contribution in [3.05, 3.63) is 30.1 Å².